The average molecular weight is 365 g/mol. The summed E-state index contributed by atoms with van der Waals surface area (Å²) in [5.74, 6) is -0.402. The molecule has 24 heavy (non-hydrogen) atoms. The molecule has 1 aromatic heterocycles. The van der Waals surface area contributed by atoms with Crippen LogP contribution in [0, 0.1) is 11.6 Å². The molecule has 0 spiro atoms. The van der Waals surface area contributed by atoms with Gasteiger partial charge in [0.25, 0.3) is 5.56 Å². The molecule has 3 nitrogen and oxygen atoms in total. The molecule has 3 aromatic rings. The van der Waals surface area contributed by atoms with Crippen molar-refractivity contribution in [2.24, 2.45) is 0 Å². The molecule has 0 saturated heterocycles. The van der Waals surface area contributed by atoms with Gasteiger partial charge in [-0.05, 0) is 42.0 Å². The number of thioether (sulfide) groups is 1. The SMILES string of the molecule is O=c1c(SCc2ccc(F)cc2Cl)nccn1-c1ccc(F)cc1. The maximum absolute atomic E-state index is 13.1. The first-order valence-corrected chi connectivity index (χ1v) is 8.31. The topological polar surface area (TPSA) is 34.9 Å². The summed E-state index contributed by atoms with van der Waals surface area (Å²) in [7, 11) is 0. The minimum atomic E-state index is -0.412. The first-order valence-electron chi connectivity index (χ1n) is 6.95. The van der Waals surface area contributed by atoms with Gasteiger partial charge in [-0.3, -0.25) is 9.36 Å². The highest BCUT2D eigenvalue weighted by Crippen LogP contribution is 2.24. The van der Waals surface area contributed by atoms with Crippen molar-refractivity contribution in [2.75, 3.05) is 0 Å². The molecule has 122 valence electrons. The van der Waals surface area contributed by atoms with Gasteiger partial charge >= 0.3 is 0 Å². The summed E-state index contributed by atoms with van der Waals surface area (Å²) in [5, 5.41) is 0.583. The summed E-state index contributed by atoms with van der Waals surface area (Å²) in [5.41, 5.74) is 0.944. The minimum Gasteiger partial charge on any atom is -0.280 e. The first-order chi connectivity index (χ1) is 11.5. The standard InChI is InChI=1S/C17H11ClF2N2OS/c18-15-9-13(20)2-1-11(15)10-24-16-17(23)22(8-7-21-16)14-5-3-12(19)4-6-14/h1-9H,10H2. The van der Waals surface area contributed by atoms with E-state index < -0.39 is 5.82 Å². The maximum Gasteiger partial charge on any atom is 0.287 e. The minimum absolute atomic E-state index is 0.280. The van der Waals surface area contributed by atoms with Crippen LogP contribution in [-0.2, 0) is 5.75 Å². The molecule has 1 heterocycles. The fraction of sp³-hybridized carbons (Fsp3) is 0.0588. The van der Waals surface area contributed by atoms with E-state index in [-0.39, 0.29) is 16.4 Å². The molecule has 2 aromatic carbocycles. The summed E-state index contributed by atoms with van der Waals surface area (Å²) >= 11 is 7.19. The lowest BCUT2D eigenvalue weighted by Gasteiger charge is -2.08. The van der Waals surface area contributed by atoms with Gasteiger partial charge in [-0.2, -0.15) is 0 Å². The first kappa shape index (κ1) is 16.7. The predicted molar refractivity (Wildman–Crippen MR) is 90.8 cm³/mol. The monoisotopic (exact) mass is 364 g/mol. The van der Waals surface area contributed by atoms with Gasteiger partial charge in [0.2, 0.25) is 0 Å². The van der Waals surface area contributed by atoms with E-state index in [1.807, 2.05) is 0 Å². The van der Waals surface area contributed by atoms with Gasteiger partial charge in [0.05, 0.1) is 0 Å². The zero-order valence-electron chi connectivity index (χ0n) is 12.2. The van der Waals surface area contributed by atoms with Crippen LogP contribution in [0.2, 0.25) is 5.02 Å². The van der Waals surface area contributed by atoms with E-state index in [9.17, 15) is 13.6 Å². The van der Waals surface area contributed by atoms with Gasteiger partial charge in [-0.25, -0.2) is 13.8 Å². The number of hydrogen-bond acceptors (Lipinski definition) is 3. The van der Waals surface area contributed by atoms with E-state index in [0.29, 0.717) is 22.0 Å². The van der Waals surface area contributed by atoms with Gasteiger partial charge in [-0.1, -0.05) is 29.4 Å². The van der Waals surface area contributed by atoms with Crippen molar-refractivity contribution >= 4 is 23.4 Å². The highest BCUT2D eigenvalue weighted by Gasteiger charge is 2.09. The van der Waals surface area contributed by atoms with E-state index in [1.54, 1.807) is 6.07 Å². The van der Waals surface area contributed by atoms with Crippen LogP contribution < -0.4 is 5.56 Å². The number of halogens is 3. The van der Waals surface area contributed by atoms with Crippen LogP contribution in [-0.4, -0.2) is 9.55 Å². The van der Waals surface area contributed by atoms with Crippen molar-refractivity contribution in [3.8, 4) is 5.69 Å². The normalized spacial score (nSPS) is 10.8. The Bertz CT molecular complexity index is 929. The quantitative estimate of drug-likeness (QED) is 0.641. The lowest BCUT2D eigenvalue weighted by molar-refractivity contribution is 0.627. The van der Waals surface area contributed by atoms with Gasteiger partial charge in [-0.15, -0.1) is 0 Å². The van der Waals surface area contributed by atoms with E-state index >= 15 is 0 Å². The molecule has 0 N–H and O–H groups in total. The third-order valence-corrected chi connectivity index (χ3v) is 4.65. The van der Waals surface area contributed by atoms with Crippen molar-refractivity contribution in [1.29, 1.82) is 0 Å². The van der Waals surface area contributed by atoms with Crippen molar-refractivity contribution in [2.45, 2.75) is 10.8 Å². The summed E-state index contributed by atoms with van der Waals surface area (Å²) in [6.45, 7) is 0. The Labute approximate surface area is 145 Å². The lowest BCUT2D eigenvalue weighted by atomic mass is 10.2. The maximum atomic E-state index is 13.1. The number of nitrogens with zero attached hydrogens (tertiary/aromatic N) is 2. The largest absolute Gasteiger partial charge is 0.287 e. The number of rotatable bonds is 4. The zero-order valence-corrected chi connectivity index (χ0v) is 13.8. The summed E-state index contributed by atoms with van der Waals surface area (Å²) in [6, 6.07) is 9.72. The van der Waals surface area contributed by atoms with Crippen LogP contribution in [0.4, 0.5) is 8.78 Å². The van der Waals surface area contributed by atoms with Crippen LogP contribution in [0.25, 0.3) is 5.69 Å². The van der Waals surface area contributed by atoms with Crippen LogP contribution in [0.15, 0.2) is 64.7 Å². The van der Waals surface area contributed by atoms with Crippen molar-refractivity contribution in [3.63, 3.8) is 0 Å². The second-order valence-electron chi connectivity index (χ2n) is 4.91. The fourth-order valence-electron chi connectivity index (χ4n) is 2.08. The molecular weight excluding hydrogens is 354 g/mol. The Morgan fingerprint density at radius 2 is 1.79 bits per heavy atom. The van der Waals surface area contributed by atoms with E-state index in [4.69, 9.17) is 11.6 Å². The van der Waals surface area contributed by atoms with Gasteiger partial charge < -0.3 is 0 Å². The molecule has 0 bridgehead atoms. The molecule has 7 heteroatoms. The fourth-order valence-corrected chi connectivity index (χ4v) is 3.30. The van der Waals surface area contributed by atoms with Crippen LogP contribution >= 0.6 is 23.4 Å². The highest BCUT2D eigenvalue weighted by molar-refractivity contribution is 7.98. The highest BCUT2D eigenvalue weighted by atomic mass is 35.5. The smallest absolute Gasteiger partial charge is 0.280 e. The number of benzene rings is 2. The molecule has 3 rings (SSSR count). The van der Waals surface area contributed by atoms with Gasteiger partial charge in [0, 0.05) is 28.9 Å². The van der Waals surface area contributed by atoms with Crippen molar-refractivity contribution in [1.82, 2.24) is 9.55 Å². The zero-order chi connectivity index (χ0) is 17.1. The number of aromatic nitrogens is 2. The van der Waals surface area contributed by atoms with Gasteiger partial charge in [0.1, 0.15) is 11.6 Å². The van der Waals surface area contributed by atoms with Crippen molar-refractivity contribution in [3.05, 3.63) is 87.4 Å². The Kier molecular flexibility index (Phi) is 4.97. The Hall–Kier alpha value is -2.18. The van der Waals surface area contributed by atoms with E-state index in [0.717, 1.165) is 0 Å². The third-order valence-electron chi connectivity index (χ3n) is 3.29. The molecule has 0 aliphatic heterocycles. The molecule has 0 aliphatic rings. The average Bonchev–Trinajstić information content (AvgIpc) is 2.56. The summed E-state index contributed by atoms with van der Waals surface area (Å²) < 4.78 is 27.5. The molecule has 0 atom stereocenters. The summed E-state index contributed by atoms with van der Waals surface area (Å²) in [4.78, 5) is 16.6. The van der Waals surface area contributed by atoms with Crippen molar-refractivity contribution < 1.29 is 8.78 Å². The molecule has 0 fully saturated rings. The molecule has 0 unspecified atom stereocenters. The Morgan fingerprint density at radius 1 is 1.08 bits per heavy atom. The molecule has 0 aliphatic carbocycles. The van der Waals surface area contributed by atoms with Crippen LogP contribution in [0.5, 0.6) is 0 Å². The molecule has 0 amide bonds. The Balaban J connectivity index is 1.85. The predicted octanol–water partition coefficient (Wildman–Crippen LogP) is 4.46. The molecular formula is C17H11ClF2N2OS. The molecule has 0 saturated carbocycles. The number of hydrogen-bond donors (Lipinski definition) is 0. The second-order valence-corrected chi connectivity index (χ2v) is 6.28. The van der Waals surface area contributed by atoms with Gasteiger partial charge in [0.15, 0.2) is 5.03 Å². The molecule has 0 radical (unpaired) electrons. The van der Waals surface area contributed by atoms with Crippen LogP contribution in [0.1, 0.15) is 5.56 Å². The third kappa shape index (κ3) is 3.66. The second kappa shape index (κ2) is 7.15. The Morgan fingerprint density at radius 3 is 2.50 bits per heavy atom. The van der Waals surface area contributed by atoms with E-state index in [1.165, 1.54) is 65.1 Å². The lowest BCUT2D eigenvalue weighted by Crippen LogP contribution is -2.20. The van der Waals surface area contributed by atoms with E-state index in [2.05, 4.69) is 4.98 Å². The summed E-state index contributed by atoms with van der Waals surface area (Å²) in [6.07, 6.45) is 3.02. The van der Waals surface area contributed by atoms with Crippen LogP contribution in [0.3, 0.4) is 0 Å².